The van der Waals surface area contributed by atoms with Gasteiger partial charge in [-0.25, -0.2) is 0 Å². The van der Waals surface area contributed by atoms with Crippen LogP contribution in [0.25, 0.3) is 5.76 Å². The molecule has 0 spiro atoms. The van der Waals surface area contributed by atoms with Gasteiger partial charge in [0.1, 0.15) is 22.8 Å². The van der Waals surface area contributed by atoms with E-state index in [0.717, 1.165) is 24.2 Å². The van der Waals surface area contributed by atoms with Crippen LogP contribution in [-0.4, -0.2) is 67.0 Å². The summed E-state index contributed by atoms with van der Waals surface area (Å²) in [6.45, 7) is 13.2. The molecule has 0 aliphatic carbocycles. The maximum Gasteiger partial charge on any atom is 0.295 e. The van der Waals surface area contributed by atoms with Gasteiger partial charge < -0.3 is 24.4 Å². The minimum absolute atomic E-state index is 0.0332. The molecule has 1 unspecified atom stereocenters. The molecule has 7 nitrogen and oxygen atoms in total. The molecule has 1 atom stereocenters. The van der Waals surface area contributed by atoms with Gasteiger partial charge in [-0.3, -0.25) is 9.59 Å². The molecule has 2 aromatic carbocycles. The first-order chi connectivity index (χ1) is 17.1. The molecule has 3 rings (SSSR count). The van der Waals surface area contributed by atoms with Crippen molar-refractivity contribution in [1.82, 2.24) is 9.80 Å². The lowest BCUT2D eigenvalue weighted by Gasteiger charge is -2.29. The molecular weight excluding hydrogens is 456 g/mol. The second kappa shape index (κ2) is 11.2. The molecule has 1 heterocycles. The van der Waals surface area contributed by atoms with E-state index in [1.54, 1.807) is 23.1 Å². The number of carbonyl (C=O) groups is 2. The first-order valence-corrected chi connectivity index (χ1v) is 12.4. The number of hydrogen-bond donors (Lipinski definition) is 1. The molecule has 0 radical (unpaired) electrons. The molecule has 1 fully saturated rings. The Morgan fingerprint density at radius 1 is 0.972 bits per heavy atom. The summed E-state index contributed by atoms with van der Waals surface area (Å²) < 4.78 is 10.9. The Balaban J connectivity index is 2.21. The van der Waals surface area contributed by atoms with Crippen molar-refractivity contribution >= 4 is 17.4 Å². The Morgan fingerprint density at radius 3 is 2.00 bits per heavy atom. The number of aliphatic hydroxyl groups excluding tert-OH is 1. The van der Waals surface area contributed by atoms with Crippen LogP contribution in [-0.2, 0) is 15.0 Å². The predicted molar refractivity (Wildman–Crippen MR) is 141 cm³/mol. The molecule has 0 saturated carbocycles. The monoisotopic (exact) mass is 494 g/mol. The van der Waals surface area contributed by atoms with Crippen molar-refractivity contribution in [3.63, 3.8) is 0 Å². The zero-order chi connectivity index (χ0) is 26.6. The smallest absolute Gasteiger partial charge is 0.295 e. The van der Waals surface area contributed by atoms with Crippen LogP contribution in [0.2, 0.25) is 0 Å². The first kappa shape index (κ1) is 27.3. The van der Waals surface area contributed by atoms with E-state index in [1.165, 1.54) is 14.2 Å². The van der Waals surface area contributed by atoms with Gasteiger partial charge in [0, 0.05) is 13.1 Å². The molecule has 36 heavy (non-hydrogen) atoms. The van der Waals surface area contributed by atoms with Crippen molar-refractivity contribution in [2.45, 2.75) is 46.1 Å². The normalized spacial score (nSPS) is 17.7. The number of carbonyl (C=O) groups excluding carboxylic acids is 2. The van der Waals surface area contributed by atoms with E-state index in [2.05, 4.69) is 39.5 Å². The quantitative estimate of drug-likeness (QED) is 0.308. The van der Waals surface area contributed by atoms with Crippen molar-refractivity contribution in [2.24, 2.45) is 0 Å². The zero-order valence-electron chi connectivity index (χ0n) is 22.4. The molecule has 1 saturated heterocycles. The van der Waals surface area contributed by atoms with Gasteiger partial charge in [0.2, 0.25) is 0 Å². The number of aliphatic hydroxyl groups is 1. The van der Waals surface area contributed by atoms with Gasteiger partial charge in [0.25, 0.3) is 11.7 Å². The van der Waals surface area contributed by atoms with Gasteiger partial charge in [-0.2, -0.15) is 0 Å². The van der Waals surface area contributed by atoms with Gasteiger partial charge in [-0.05, 0) is 41.8 Å². The number of ether oxygens (including phenoxy) is 2. The number of nitrogens with zero attached hydrogens (tertiary/aromatic N) is 2. The molecule has 1 aliphatic heterocycles. The van der Waals surface area contributed by atoms with Gasteiger partial charge in [0.15, 0.2) is 0 Å². The fourth-order valence-corrected chi connectivity index (χ4v) is 4.63. The van der Waals surface area contributed by atoms with Crippen molar-refractivity contribution in [2.75, 3.05) is 40.4 Å². The van der Waals surface area contributed by atoms with Gasteiger partial charge in [-0.1, -0.05) is 65.0 Å². The van der Waals surface area contributed by atoms with Crippen molar-refractivity contribution in [3.05, 3.63) is 64.7 Å². The van der Waals surface area contributed by atoms with E-state index in [4.69, 9.17) is 9.47 Å². The lowest BCUT2D eigenvalue weighted by molar-refractivity contribution is -0.140. The number of rotatable bonds is 9. The maximum atomic E-state index is 13.4. The van der Waals surface area contributed by atoms with Crippen LogP contribution in [0.5, 0.6) is 11.5 Å². The fraction of sp³-hybridized carbons (Fsp3) is 0.448. The third-order valence-corrected chi connectivity index (χ3v) is 6.85. The SMILES string of the molecule is CCN(CC)CCN1C(=O)C(=O)/C(=C(/O)c2c(OC)cccc2OC)C1c1ccc(C(C)(C)C)cc1. The topological polar surface area (TPSA) is 79.3 Å². The summed E-state index contributed by atoms with van der Waals surface area (Å²) in [5, 5.41) is 11.5. The third kappa shape index (κ3) is 5.26. The number of likely N-dealkylation sites (N-methyl/N-ethyl adjacent to an activating group) is 1. The molecule has 1 N–H and O–H groups in total. The maximum absolute atomic E-state index is 13.4. The minimum Gasteiger partial charge on any atom is -0.506 e. The highest BCUT2D eigenvalue weighted by molar-refractivity contribution is 6.46. The van der Waals surface area contributed by atoms with Crippen molar-refractivity contribution in [1.29, 1.82) is 0 Å². The second-order valence-electron chi connectivity index (χ2n) is 9.93. The van der Waals surface area contributed by atoms with E-state index in [-0.39, 0.29) is 22.3 Å². The Hall–Kier alpha value is -3.32. The summed E-state index contributed by atoms with van der Waals surface area (Å²) in [5.74, 6) is -0.948. The minimum atomic E-state index is -0.732. The van der Waals surface area contributed by atoms with E-state index in [9.17, 15) is 14.7 Å². The van der Waals surface area contributed by atoms with Crippen LogP contribution >= 0.6 is 0 Å². The third-order valence-electron chi connectivity index (χ3n) is 6.85. The number of methoxy groups -OCH3 is 2. The van der Waals surface area contributed by atoms with E-state index in [0.29, 0.717) is 24.6 Å². The number of Topliss-reactive ketones (excluding diaryl/α,β-unsaturated/α-hetero) is 1. The Morgan fingerprint density at radius 2 is 1.53 bits per heavy atom. The van der Waals surface area contributed by atoms with Crippen LogP contribution in [0.15, 0.2) is 48.0 Å². The lowest BCUT2D eigenvalue weighted by Crippen LogP contribution is -2.38. The summed E-state index contributed by atoms with van der Waals surface area (Å²) in [7, 11) is 2.97. The average Bonchev–Trinajstić information content (AvgIpc) is 3.12. The summed E-state index contributed by atoms with van der Waals surface area (Å²) >= 11 is 0. The Bertz CT molecular complexity index is 1110. The van der Waals surface area contributed by atoms with Crippen LogP contribution in [0.4, 0.5) is 0 Å². The number of likely N-dealkylation sites (tertiary alicyclic amines) is 1. The van der Waals surface area contributed by atoms with Crippen molar-refractivity contribution in [3.8, 4) is 11.5 Å². The summed E-state index contributed by atoms with van der Waals surface area (Å²) in [4.78, 5) is 30.5. The number of benzene rings is 2. The molecule has 0 bridgehead atoms. The highest BCUT2D eigenvalue weighted by atomic mass is 16.5. The highest BCUT2D eigenvalue weighted by Gasteiger charge is 2.46. The highest BCUT2D eigenvalue weighted by Crippen LogP contribution is 2.43. The van der Waals surface area contributed by atoms with Gasteiger partial charge in [-0.15, -0.1) is 0 Å². The molecule has 7 heteroatoms. The second-order valence-corrected chi connectivity index (χ2v) is 9.93. The van der Waals surface area contributed by atoms with E-state index < -0.39 is 17.7 Å². The number of hydrogen-bond acceptors (Lipinski definition) is 6. The molecule has 1 amide bonds. The summed E-state index contributed by atoms with van der Waals surface area (Å²) in [5.41, 5.74) is 2.13. The molecule has 0 aromatic heterocycles. The van der Waals surface area contributed by atoms with Crippen LogP contribution in [0.3, 0.4) is 0 Å². The molecule has 1 aliphatic rings. The summed E-state index contributed by atoms with van der Waals surface area (Å²) in [6.07, 6.45) is 0. The van der Waals surface area contributed by atoms with E-state index >= 15 is 0 Å². The predicted octanol–water partition coefficient (Wildman–Crippen LogP) is 4.76. The molecule has 2 aromatic rings. The summed E-state index contributed by atoms with van der Waals surface area (Å²) in [6, 6.07) is 12.3. The Kier molecular flexibility index (Phi) is 8.46. The standard InChI is InChI=1S/C29H38N2O5/c1-8-30(9-2)17-18-31-25(19-13-15-20(16-14-19)29(3,4)5)24(27(33)28(31)34)26(32)23-21(35-6)11-10-12-22(23)36-7/h10-16,25,32H,8-9,17-18H2,1-7H3/b26-24+. The average molecular weight is 495 g/mol. The van der Waals surface area contributed by atoms with Gasteiger partial charge in [0.05, 0.1) is 25.8 Å². The van der Waals surface area contributed by atoms with Crippen LogP contribution in [0.1, 0.15) is 57.4 Å². The van der Waals surface area contributed by atoms with E-state index in [1.807, 2.05) is 24.3 Å². The zero-order valence-corrected chi connectivity index (χ0v) is 22.4. The van der Waals surface area contributed by atoms with Gasteiger partial charge >= 0.3 is 0 Å². The van der Waals surface area contributed by atoms with Crippen molar-refractivity contribution < 1.29 is 24.2 Å². The fourth-order valence-electron chi connectivity index (χ4n) is 4.63. The lowest BCUT2D eigenvalue weighted by atomic mass is 9.85. The number of amides is 1. The molecular formula is C29H38N2O5. The first-order valence-electron chi connectivity index (χ1n) is 12.4. The molecule has 194 valence electrons. The Labute approximate surface area is 214 Å². The van der Waals surface area contributed by atoms with Crippen LogP contribution in [0, 0.1) is 0 Å². The van der Waals surface area contributed by atoms with Crippen LogP contribution < -0.4 is 9.47 Å². The largest absolute Gasteiger partial charge is 0.506 e. The number of ketones is 1.